The van der Waals surface area contributed by atoms with Gasteiger partial charge in [0.15, 0.2) is 23.6 Å². The largest absolute Gasteiger partial charge is 0.416 e. The standard InChI is InChI=1S/C29H31ClF3N9O6S/c1-28(8-9-28)36-25(44)19-3-2-10-34-23(19)42-24(26(45)39-11-13-49(47,48)14-12-39)35-21(37-42)16-41-27(46)40(15-20(43)29(31,32)33)22(38-41)17-4-6-18(30)7-5-17/h2-7,10,20,43,47-48H,8-9,11-16H2,1H3,(H,36,44)/t20-/m0/s1. The van der Waals surface area contributed by atoms with E-state index in [2.05, 4.69) is 25.5 Å². The quantitative estimate of drug-likeness (QED) is 0.199. The number of pyridine rings is 1. The van der Waals surface area contributed by atoms with Crippen molar-refractivity contribution in [3.05, 3.63) is 75.3 Å². The highest BCUT2D eigenvalue weighted by Crippen LogP contribution is 2.40. The van der Waals surface area contributed by atoms with Gasteiger partial charge in [-0.3, -0.25) is 23.3 Å². The molecule has 4 aromatic rings. The second-order valence-corrected chi connectivity index (χ2v) is 15.0. The molecule has 2 aliphatic rings. The van der Waals surface area contributed by atoms with Gasteiger partial charge in [-0.25, -0.2) is 19.4 Å². The molecular formula is C29H31ClF3N9O6S. The molecule has 1 aliphatic carbocycles. The van der Waals surface area contributed by atoms with Crippen LogP contribution in [0.5, 0.6) is 0 Å². The molecule has 1 saturated carbocycles. The van der Waals surface area contributed by atoms with Gasteiger partial charge in [0.05, 0.1) is 23.6 Å². The Bertz CT molecular complexity index is 1950. The maximum atomic E-state index is 13.8. The van der Waals surface area contributed by atoms with Crippen LogP contribution in [0.15, 0.2) is 47.4 Å². The summed E-state index contributed by atoms with van der Waals surface area (Å²) in [5.41, 5.74) is -1.13. The van der Waals surface area contributed by atoms with E-state index < -0.39 is 59.0 Å². The van der Waals surface area contributed by atoms with Gasteiger partial charge in [0.25, 0.3) is 11.8 Å². The zero-order chi connectivity index (χ0) is 35.3. The van der Waals surface area contributed by atoms with E-state index in [1.165, 1.54) is 47.5 Å². The molecule has 0 radical (unpaired) electrons. The van der Waals surface area contributed by atoms with Gasteiger partial charge in [0.2, 0.25) is 5.82 Å². The first-order valence-electron chi connectivity index (χ1n) is 15.0. The van der Waals surface area contributed by atoms with Crippen molar-refractivity contribution >= 4 is 34.0 Å². The van der Waals surface area contributed by atoms with Gasteiger partial charge in [0, 0.05) is 35.4 Å². The summed E-state index contributed by atoms with van der Waals surface area (Å²) in [5.74, 6) is -2.01. The first-order valence-corrected chi connectivity index (χ1v) is 17.2. The van der Waals surface area contributed by atoms with Crippen molar-refractivity contribution in [3.63, 3.8) is 0 Å². The fraction of sp³-hybridized carbons (Fsp3) is 0.414. The maximum absolute atomic E-state index is 13.8. The van der Waals surface area contributed by atoms with E-state index in [9.17, 15) is 41.8 Å². The van der Waals surface area contributed by atoms with Crippen LogP contribution in [0.4, 0.5) is 13.2 Å². The minimum Gasteiger partial charge on any atom is -0.382 e. The third-order valence-corrected chi connectivity index (χ3v) is 10.1. The average Bonchev–Trinajstić information content (AvgIpc) is 3.49. The normalized spacial score (nSPS) is 18.2. The highest BCUT2D eigenvalue weighted by molar-refractivity contribution is 8.24. The number of amides is 2. The number of carbonyl (C=O) groups excluding carboxylic acids is 2. The molecule has 262 valence electrons. The summed E-state index contributed by atoms with van der Waals surface area (Å²) < 4.78 is 62.7. The van der Waals surface area contributed by atoms with Gasteiger partial charge >= 0.3 is 11.9 Å². The number of aromatic nitrogens is 7. The van der Waals surface area contributed by atoms with Gasteiger partial charge in [-0.05, 0) is 56.2 Å². The molecule has 15 nitrogen and oxygen atoms in total. The van der Waals surface area contributed by atoms with Crippen LogP contribution < -0.4 is 11.0 Å². The maximum Gasteiger partial charge on any atom is 0.416 e. The Hall–Kier alpha value is -4.30. The van der Waals surface area contributed by atoms with Gasteiger partial charge in [-0.1, -0.05) is 11.6 Å². The minimum atomic E-state index is -5.03. The number of aliphatic hydroxyl groups excluding tert-OH is 1. The van der Waals surface area contributed by atoms with E-state index in [4.69, 9.17) is 11.6 Å². The average molecular weight is 726 g/mol. The van der Waals surface area contributed by atoms with Crippen LogP contribution in [0.1, 0.15) is 46.6 Å². The van der Waals surface area contributed by atoms with Crippen LogP contribution >= 0.6 is 22.2 Å². The molecule has 4 heterocycles. The van der Waals surface area contributed by atoms with Crippen LogP contribution in [0, 0.1) is 0 Å². The van der Waals surface area contributed by atoms with Crippen molar-refractivity contribution in [3.8, 4) is 17.2 Å². The summed E-state index contributed by atoms with van der Waals surface area (Å²) in [6.07, 6.45) is -4.98. The van der Waals surface area contributed by atoms with Crippen LogP contribution in [-0.2, 0) is 13.1 Å². The fourth-order valence-electron chi connectivity index (χ4n) is 5.11. The van der Waals surface area contributed by atoms with Crippen molar-refractivity contribution in [2.45, 2.75) is 50.7 Å². The number of benzene rings is 1. The molecular weight excluding hydrogens is 695 g/mol. The molecule has 3 aromatic heterocycles. The zero-order valence-electron chi connectivity index (χ0n) is 25.8. The first-order chi connectivity index (χ1) is 23.0. The highest BCUT2D eigenvalue weighted by atomic mass is 35.5. The first kappa shape index (κ1) is 34.6. The predicted molar refractivity (Wildman–Crippen MR) is 171 cm³/mol. The molecule has 0 bridgehead atoms. The molecule has 1 aliphatic heterocycles. The lowest BCUT2D eigenvalue weighted by Gasteiger charge is -2.40. The smallest absolute Gasteiger partial charge is 0.382 e. The number of nitrogens with one attached hydrogen (secondary N) is 1. The second-order valence-electron chi connectivity index (χ2n) is 12.1. The Labute approximate surface area is 282 Å². The Kier molecular flexibility index (Phi) is 9.07. The molecule has 20 heteroatoms. The minimum absolute atomic E-state index is 0.00682. The third kappa shape index (κ3) is 7.49. The number of hydrogen-bond donors (Lipinski definition) is 4. The van der Waals surface area contributed by atoms with Crippen molar-refractivity contribution < 1.29 is 37.0 Å². The lowest BCUT2D eigenvalue weighted by atomic mass is 10.2. The van der Waals surface area contributed by atoms with E-state index in [1.54, 1.807) is 0 Å². The second kappa shape index (κ2) is 12.9. The van der Waals surface area contributed by atoms with E-state index in [0.717, 1.165) is 22.2 Å². The van der Waals surface area contributed by atoms with Gasteiger partial charge in [0.1, 0.15) is 6.54 Å². The summed E-state index contributed by atoms with van der Waals surface area (Å²) in [5, 5.41) is 21.7. The summed E-state index contributed by atoms with van der Waals surface area (Å²) in [6, 6.07) is 8.82. The lowest BCUT2D eigenvalue weighted by Crippen LogP contribution is -2.43. The molecule has 1 atom stereocenters. The van der Waals surface area contributed by atoms with E-state index >= 15 is 0 Å². The topological polar surface area (TPSA) is 194 Å². The van der Waals surface area contributed by atoms with Crippen LogP contribution in [0.25, 0.3) is 17.2 Å². The lowest BCUT2D eigenvalue weighted by molar-refractivity contribution is -0.207. The van der Waals surface area contributed by atoms with Crippen molar-refractivity contribution in [2.24, 2.45) is 0 Å². The van der Waals surface area contributed by atoms with Gasteiger partial charge < -0.3 is 15.3 Å². The molecule has 49 heavy (non-hydrogen) atoms. The summed E-state index contributed by atoms with van der Waals surface area (Å²) in [4.78, 5) is 50.7. The number of aliphatic hydroxyl groups is 1. The molecule has 2 fully saturated rings. The van der Waals surface area contributed by atoms with E-state index in [1.807, 2.05) is 6.92 Å². The van der Waals surface area contributed by atoms with Crippen LogP contribution in [0.2, 0.25) is 5.02 Å². The van der Waals surface area contributed by atoms with Crippen molar-refractivity contribution in [2.75, 3.05) is 24.6 Å². The molecule has 6 rings (SSSR count). The van der Waals surface area contributed by atoms with E-state index in [-0.39, 0.29) is 59.0 Å². The fourth-order valence-corrected chi connectivity index (χ4v) is 6.46. The summed E-state index contributed by atoms with van der Waals surface area (Å²) >= 11 is 5.97. The van der Waals surface area contributed by atoms with Crippen molar-refractivity contribution in [1.82, 2.24) is 44.3 Å². The summed E-state index contributed by atoms with van der Waals surface area (Å²) in [7, 11) is -2.85. The van der Waals surface area contributed by atoms with Crippen LogP contribution in [0.3, 0.4) is 0 Å². The van der Waals surface area contributed by atoms with Gasteiger partial charge in [-0.15, -0.1) is 10.2 Å². The molecule has 1 saturated heterocycles. The molecule has 0 unspecified atom stereocenters. The molecule has 4 N–H and O–H groups in total. The number of halogens is 4. The Balaban J connectivity index is 1.41. The monoisotopic (exact) mass is 725 g/mol. The number of nitrogens with zero attached hydrogens (tertiary/aromatic N) is 8. The van der Waals surface area contributed by atoms with Crippen molar-refractivity contribution in [1.29, 1.82) is 0 Å². The summed E-state index contributed by atoms with van der Waals surface area (Å²) in [6.45, 7) is 0.174. The number of hydrogen-bond acceptors (Lipinski definition) is 10. The number of rotatable bonds is 9. The number of alkyl halides is 3. The molecule has 0 spiro atoms. The van der Waals surface area contributed by atoms with Crippen LogP contribution in [-0.4, -0.2) is 107 Å². The Morgan fingerprint density at radius 2 is 1.78 bits per heavy atom. The molecule has 2 amide bonds. The predicted octanol–water partition coefficient (Wildman–Crippen LogP) is 2.80. The third-order valence-electron chi connectivity index (χ3n) is 8.20. The Morgan fingerprint density at radius 1 is 1.10 bits per heavy atom. The zero-order valence-corrected chi connectivity index (χ0v) is 27.4. The van der Waals surface area contributed by atoms with Gasteiger partial charge in [-0.2, -0.15) is 28.4 Å². The number of carbonyl (C=O) groups is 2. The SMILES string of the molecule is CC1(NC(=O)c2cccnc2-n2nc(Cn3nc(-c4ccc(Cl)cc4)n(C[C@H](O)C(F)(F)F)c3=O)nc2C(=O)N2CCS(O)(O)CC2)CC1. The van der Waals surface area contributed by atoms with E-state index in [0.29, 0.717) is 9.59 Å². The Morgan fingerprint density at radius 3 is 2.41 bits per heavy atom. The highest BCUT2D eigenvalue weighted by Gasteiger charge is 2.41. The molecule has 1 aromatic carbocycles.